The Hall–Kier alpha value is -1.92. The van der Waals surface area contributed by atoms with Crippen molar-refractivity contribution in [3.05, 3.63) is 29.3 Å². The summed E-state index contributed by atoms with van der Waals surface area (Å²) in [5, 5.41) is 2.70. The van der Waals surface area contributed by atoms with Crippen molar-refractivity contribution in [1.82, 2.24) is 0 Å². The first kappa shape index (κ1) is 15.1. The molecule has 0 aliphatic rings. The molecule has 0 spiro atoms. The molecule has 0 bridgehead atoms. The number of nitrogens with one attached hydrogen (secondary N) is 1. The molecule has 6 heteroatoms. The van der Waals surface area contributed by atoms with Crippen molar-refractivity contribution in [1.29, 1.82) is 0 Å². The number of hydrogen-bond acceptors (Lipinski definition) is 5. The Balaban J connectivity index is 2.86. The summed E-state index contributed by atoms with van der Waals surface area (Å²) in [6.45, 7) is 1.88. The lowest BCUT2D eigenvalue weighted by Crippen LogP contribution is -2.36. The standard InChI is InChI=1S/C13H18N2O4/c1-8-6-9(13(17)19-3)4-5-10(8)15-12(16)11(7-14)18-2/h4-6,11H,7,14H2,1-3H3,(H,15,16). The fourth-order valence-corrected chi connectivity index (χ4v) is 1.57. The molecule has 0 heterocycles. The van der Waals surface area contributed by atoms with Gasteiger partial charge >= 0.3 is 5.97 Å². The van der Waals surface area contributed by atoms with Gasteiger partial charge in [-0.2, -0.15) is 0 Å². The fraction of sp³-hybridized carbons (Fsp3) is 0.385. The van der Waals surface area contributed by atoms with Gasteiger partial charge < -0.3 is 20.5 Å². The van der Waals surface area contributed by atoms with Gasteiger partial charge in [0, 0.05) is 19.3 Å². The second-order valence-electron chi connectivity index (χ2n) is 3.97. The van der Waals surface area contributed by atoms with Crippen molar-refractivity contribution < 1.29 is 19.1 Å². The summed E-state index contributed by atoms with van der Waals surface area (Å²) >= 11 is 0. The minimum absolute atomic E-state index is 0.0988. The van der Waals surface area contributed by atoms with Gasteiger partial charge in [-0.3, -0.25) is 4.79 Å². The molecular weight excluding hydrogens is 248 g/mol. The normalized spacial score (nSPS) is 11.8. The van der Waals surface area contributed by atoms with Crippen LogP contribution in [0.5, 0.6) is 0 Å². The Morgan fingerprint density at radius 2 is 2.05 bits per heavy atom. The summed E-state index contributed by atoms with van der Waals surface area (Å²) < 4.78 is 9.56. The minimum Gasteiger partial charge on any atom is -0.465 e. The first-order valence-corrected chi connectivity index (χ1v) is 5.76. The molecule has 0 fully saturated rings. The number of benzene rings is 1. The summed E-state index contributed by atoms with van der Waals surface area (Å²) in [4.78, 5) is 23.1. The van der Waals surface area contributed by atoms with Gasteiger partial charge in [0.25, 0.3) is 5.91 Å². The van der Waals surface area contributed by atoms with Crippen molar-refractivity contribution in [2.75, 3.05) is 26.1 Å². The largest absolute Gasteiger partial charge is 0.465 e. The Kier molecular flexibility index (Phi) is 5.47. The monoisotopic (exact) mass is 266 g/mol. The van der Waals surface area contributed by atoms with E-state index in [4.69, 9.17) is 10.5 Å². The van der Waals surface area contributed by atoms with Gasteiger partial charge in [-0.1, -0.05) is 0 Å². The van der Waals surface area contributed by atoms with Crippen molar-refractivity contribution in [3.8, 4) is 0 Å². The Morgan fingerprint density at radius 3 is 2.53 bits per heavy atom. The molecule has 0 saturated carbocycles. The maximum absolute atomic E-state index is 11.8. The third-order valence-corrected chi connectivity index (χ3v) is 2.70. The molecule has 1 rings (SSSR count). The molecule has 1 unspecified atom stereocenters. The summed E-state index contributed by atoms with van der Waals surface area (Å²) in [6, 6.07) is 4.87. The maximum atomic E-state index is 11.8. The van der Waals surface area contributed by atoms with Crippen LogP contribution >= 0.6 is 0 Å². The Bertz CT molecular complexity index is 470. The van der Waals surface area contributed by atoms with E-state index in [9.17, 15) is 9.59 Å². The lowest BCUT2D eigenvalue weighted by atomic mass is 10.1. The highest BCUT2D eigenvalue weighted by atomic mass is 16.5. The van der Waals surface area contributed by atoms with Crippen molar-refractivity contribution in [3.63, 3.8) is 0 Å². The van der Waals surface area contributed by atoms with Crippen molar-refractivity contribution in [2.45, 2.75) is 13.0 Å². The van der Waals surface area contributed by atoms with Crippen LogP contribution in [0.4, 0.5) is 5.69 Å². The Labute approximate surface area is 111 Å². The molecule has 0 aliphatic heterocycles. The lowest BCUT2D eigenvalue weighted by Gasteiger charge is -2.14. The van der Waals surface area contributed by atoms with E-state index in [2.05, 4.69) is 10.1 Å². The molecule has 1 aromatic carbocycles. The predicted octanol–water partition coefficient (Wildman–Crippen LogP) is 0.694. The van der Waals surface area contributed by atoms with E-state index in [0.29, 0.717) is 11.3 Å². The predicted molar refractivity (Wildman–Crippen MR) is 71.0 cm³/mol. The van der Waals surface area contributed by atoms with Crippen LogP contribution < -0.4 is 11.1 Å². The SMILES string of the molecule is COC(=O)c1ccc(NC(=O)C(CN)OC)c(C)c1. The number of aryl methyl sites for hydroxylation is 1. The number of methoxy groups -OCH3 is 2. The molecule has 6 nitrogen and oxygen atoms in total. The molecule has 0 aromatic heterocycles. The molecule has 0 saturated heterocycles. The fourth-order valence-electron chi connectivity index (χ4n) is 1.57. The van der Waals surface area contributed by atoms with E-state index < -0.39 is 12.1 Å². The lowest BCUT2D eigenvalue weighted by molar-refractivity contribution is -0.125. The summed E-state index contributed by atoms with van der Waals surface area (Å²) in [5.41, 5.74) is 7.20. The van der Waals surface area contributed by atoms with Crippen LogP contribution in [0.1, 0.15) is 15.9 Å². The van der Waals surface area contributed by atoms with E-state index in [1.54, 1.807) is 25.1 Å². The molecule has 19 heavy (non-hydrogen) atoms. The topological polar surface area (TPSA) is 90.7 Å². The summed E-state index contributed by atoms with van der Waals surface area (Å²) in [7, 11) is 2.74. The third-order valence-electron chi connectivity index (χ3n) is 2.70. The van der Waals surface area contributed by atoms with Crippen LogP contribution in [0, 0.1) is 6.92 Å². The third kappa shape index (κ3) is 3.77. The highest BCUT2D eigenvalue weighted by Crippen LogP contribution is 2.17. The number of carbonyl (C=O) groups excluding carboxylic acids is 2. The van der Waals surface area contributed by atoms with Gasteiger partial charge in [0.1, 0.15) is 6.10 Å². The molecule has 0 radical (unpaired) electrons. The molecule has 1 amide bonds. The van der Waals surface area contributed by atoms with E-state index >= 15 is 0 Å². The number of hydrogen-bond donors (Lipinski definition) is 2. The first-order valence-electron chi connectivity index (χ1n) is 5.76. The minimum atomic E-state index is -0.695. The number of esters is 1. The maximum Gasteiger partial charge on any atom is 0.337 e. The van der Waals surface area contributed by atoms with Gasteiger partial charge in [-0.05, 0) is 30.7 Å². The van der Waals surface area contributed by atoms with Crippen molar-refractivity contribution in [2.24, 2.45) is 5.73 Å². The van der Waals surface area contributed by atoms with Crippen LogP contribution in [0.2, 0.25) is 0 Å². The van der Waals surface area contributed by atoms with Crippen molar-refractivity contribution >= 4 is 17.6 Å². The smallest absolute Gasteiger partial charge is 0.337 e. The first-order chi connectivity index (χ1) is 9.03. The summed E-state index contributed by atoms with van der Waals surface area (Å²) in [6.07, 6.45) is -0.695. The Morgan fingerprint density at radius 1 is 1.37 bits per heavy atom. The zero-order chi connectivity index (χ0) is 14.4. The summed E-state index contributed by atoms with van der Waals surface area (Å²) in [5.74, 6) is -0.739. The van der Waals surface area contributed by atoms with Gasteiger partial charge in [0.2, 0.25) is 0 Å². The highest BCUT2D eigenvalue weighted by molar-refractivity contribution is 5.96. The van der Waals surface area contributed by atoms with E-state index in [0.717, 1.165) is 5.56 Å². The highest BCUT2D eigenvalue weighted by Gasteiger charge is 2.17. The second-order valence-corrected chi connectivity index (χ2v) is 3.97. The number of anilines is 1. The molecular formula is C13H18N2O4. The average Bonchev–Trinajstić information content (AvgIpc) is 2.41. The number of ether oxygens (including phenoxy) is 2. The zero-order valence-corrected chi connectivity index (χ0v) is 11.2. The molecule has 104 valence electrons. The average molecular weight is 266 g/mol. The van der Waals surface area contributed by atoms with Crippen LogP contribution in [-0.2, 0) is 14.3 Å². The van der Waals surface area contributed by atoms with Crippen LogP contribution in [0.3, 0.4) is 0 Å². The van der Waals surface area contributed by atoms with Gasteiger partial charge in [-0.25, -0.2) is 4.79 Å². The van der Waals surface area contributed by atoms with Gasteiger partial charge in [-0.15, -0.1) is 0 Å². The number of carbonyl (C=O) groups is 2. The van der Waals surface area contributed by atoms with Crippen LogP contribution in [0.25, 0.3) is 0 Å². The van der Waals surface area contributed by atoms with Gasteiger partial charge in [0.05, 0.1) is 12.7 Å². The van der Waals surface area contributed by atoms with Crippen LogP contribution in [0.15, 0.2) is 18.2 Å². The zero-order valence-electron chi connectivity index (χ0n) is 11.2. The number of amides is 1. The molecule has 1 aromatic rings. The quantitative estimate of drug-likeness (QED) is 0.765. The van der Waals surface area contributed by atoms with Crippen LogP contribution in [-0.4, -0.2) is 38.7 Å². The molecule has 3 N–H and O–H groups in total. The van der Waals surface area contributed by atoms with E-state index in [1.165, 1.54) is 14.2 Å². The number of rotatable bonds is 5. The van der Waals surface area contributed by atoms with E-state index in [-0.39, 0.29) is 12.5 Å². The van der Waals surface area contributed by atoms with E-state index in [1.807, 2.05) is 0 Å². The molecule has 1 atom stereocenters. The second kappa shape index (κ2) is 6.86. The number of nitrogens with two attached hydrogens (primary N) is 1. The molecule has 0 aliphatic carbocycles. The van der Waals surface area contributed by atoms with Gasteiger partial charge in [0.15, 0.2) is 0 Å².